The van der Waals surface area contributed by atoms with Gasteiger partial charge in [-0.2, -0.15) is 0 Å². The Labute approximate surface area is 125 Å². The molecule has 1 aromatic carbocycles. The number of nitrogens with one attached hydrogen (secondary N) is 1. The summed E-state index contributed by atoms with van der Waals surface area (Å²) in [6.45, 7) is 1.48. The first-order valence-electron chi connectivity index (χ1n) is 7.07. The number of ether oxygens (including phenoxy) is 2. The molecule has 1 aliphatic heterocycles. The molecule has 1 saturated heterocycles. The van der Waals surface area contributed by atoms with Crippen molar-refractivity contribution in [3.05, 3.63) is 24.3 Å². The van der Waals surface area contributed by atoms with Gasteiger partial charge in [-0.1, -0.05) is 0 Å². The lowest BCUT2D eigenvalue weighted by Crippen LogP contribution is -2.31. The van der Waals surface area contributed by atoms with Crippen LogP contribution >= 0.6 is 0 Å². The predicted octanol–water partition coefficient (Wildman–Crippen LogP) is 0.905. The molecule has 0 saturated carbocycles. The Kier molecular flexibility index (Phi) is 5.98. The Bertz CT molecular complexity index is 523. The van der Waals surface area contributed by atoms with Gasteiger partial charge in [-0.05, 0) is 37.1 Å². The molecule has 0 spiro atoms. The van der Waals surface area contributed by atoms with E-state index in [9.17, 15) is 8.42 Å². The fourth-order valence-corrected chi connectivity index (χ4v) is 3.13. The summed E-state index contributed by atoms with van der Waals surface area (Å²) in [5, 5.41) is 8.67. The Morgan fingerprint density at radius 1 is 1.33 bits per heavy atom. The largest absolute Gasteiger partial charge is 0.494 e. The van der Waals surface area contributed by atoms with Gasteiger partial charge in [0, 0.05) is 26.2 Å². The summed E-state index contributed by atoms with van der Waals surface area (Å²) < 4.78 is 37.6. The first kappa shape index (κ1) is 16.2. The molecule has 6 nitrogen and oxygen atoms in total. The van der Waals surface area contributed by atoms with Crippen LogP contribution in [0, 0.1) is 0 Å². The van der Waals surface area contributed by atoms with E-state index in [1.54, 1.807) is 12.1 Å². The third-order valence-electron chi connectivity index (χ3n) is 3.23. The van der Waals surface area contributed by atoms with Gasteiger partial charge in [0.2, 0.25) is 10.0 Å². The van der Waals surface area contributed by atoms with E-state index in [4.69, 9.17) is 14.6 Å². The summed E-state index contributed by atoms with van der Waals surface area (Å²) in [7, 11) is -3.52. The number of rotatable bonds is 8. The van der Waals surface area contributed by atoms with Crippen molar-refractivity contribution in [3.8, 4) is 5.75 Å². The average Bonchev–Trinajstić information content (AvgIpc) is 3.00. The summed E-state index contributed by atoms with van der Waals surface area (Å²) in [4.78, 5) is 0.204. The Morgan fingerprint density at radius 3 is 2.71 bits per heavy atom. The number of benzene rings is 1. The normalized spacial score (nSPS) is 18.8. The molecule has 2 N–H and O–H groups in total. The van der Waals surface area contributed by atoms with E-state index in [1.165, 1.54) is 12.1 Å². The van der Waals surface area contributed by atoms with Gasteiger partial charge >= 0.3 is 0 Å². The number of hydrogen-bond donors (Lipinski definition) is 2. The van der Waals surface area contributed by atoms with E-state index in [0.717, 1.165) is 12.8 Å². The third kappa shape index (κ3) is 4.96. The second-order valence-electron chi connectivity index (χ2n) is 4.88. The van der Waals surface area contributed by atoms with Crippen LogP contribution in [0.25, 0.3) is 0 Å². The molecule has 1 unspecified atom stereocenters. The average molecular weight is 315 g/mol. The molecule has 1 aliphatic rings. The van der Waals surface area contributed by atoms with E-state index in [0.29, 0.717) is 31.9 Å². The number of aliphatic hydroxyl groups is 1. The molecule has 21 heavy (non-hydrogen) atoms. The fourth-order valence-electron chi connectivity index (χ4n) is 2.06. The molecule has 0 amide bonds. The smallest absolute Gasteiger partial charge is 0.240 e. The number of hydrogen-bond acceptors (Lipinski definition) is 5. The van der Waals surface area contributed by atoms with Gasteiger partial charge in [0.1, 0.15) is 5.75 Å². The van der Waals surface area contributed by atoms with Crippen LogP contribution in [0.1, 0.15) is 19.3 Å². The zero-order chi connectivity index (χ0) is 15.1. The van der Waals surface area contributed by atoms with Crippen LogP contribution in [0.4, 0.5) is 0 Å². The van der Waals surface area contributed by atoms with Crippen molar-refractivity contribution in [2.45, 2.75) is 30.3 Å². The fraction of sp³-hybridized carbons (Fsp3) is 0.571. The van der Waals surface area contributed by atoms with Crippen molar-refractivity contribution in [1.29, 1.82) is 0 Å². The van der Waals surface area contributed by atoms with Gasteiger partial charge in [-0.25, -0.2) is 13.1 Å². The molecule has 1 aromatic rings. The highest BCUT2D eigenvalue weighted by molar-refractivity contribution is 7.89. The quantitative estimate of drug-likeness (QED) is 0.696. The minimum atomic E-state index is -3.52. The molecule has 0 aromatic heterocycles. The molecule has 2 rings (SSSR count). The van der Waals surface area contributed by atoms with Crippen LogP contribution in [-0.4, -0.2) is 46.0 Å². The van der Waals surface area contributed by atoms with Gasteiger partial charge in [0.05, 0.1) is 17.6 Å². The second kappa shape index (κ2) is 7.74. The lowest BCUT2D eigenvalue weighted by Gasteiger charge is -2.12. The van der Waals surface area contributed by atoms with Gasteiger partial charge in [-0.15, -0.1) is 0 Å². The molecule has 1 atom stereocenters. The van der Waals surface area contributed by atoms with Crippen LogP contribution in [0.3, 0.4) is 0 Å². The van der Waals surface area contributed by atoms with Crippen molar-refractivity contribution >= 4 is 10.0 Å². The highest BCUT2D eigenvalue weighted by Crippen LogP contribution is 2.17. The maximum Gasteiger partial charge on any atom is 0.240 e. The summed E-state index contributed by atoms with van der Waals surface area (Å²) in [6, 6.07) is 6.23. The van der Waals surface area contributed by atoms with E-state index in [-0.39, 0.29) is 17.6 Å². The molecule has 118 valence electrons. The van der Waals surface area contributed by atoms with Crippen LogP contribution in [0.15, 0.2) is 29.2 Å². The first-order valence-corrected chi connectivity index (χ1v) is 8.55. The highest BCUT2D eigenvalue weighted by Gasteiger charge is 2.20. The monoisotopic (exact) mass is 315 g/mol. The highest BCUT2D eigenvalue weighted by atomic mass is 32.2. The van der Waals surface area contributed by atoms with E-state index in [1.807, 2.05) is 0 Å². The maximum absolute atomic E-state index is 12.1. The standard InChI is InChI=1S/C14H21NO5S/c16-8-2-10-19-12-4-6-14(7-5-12)21(17,18)15-11-13-3-1-9-20-13/h4-7,13,15-16H,1-3,8-11H2. The van der Waals surface area contributed by atoms with E-state index in [2.05, 4.69) is 4.72 Å². The zero-order valence-corrected chi connectivity index (χ0v) is 12.6. The van der Waals surface area contributed by atoms with Gasteiger partial charge < -0.3 is 14.6 Å². The Balaban J connectivity index is 1.89. The zero-order valence-electron chi connectivity index (χ0n) is 11.8. The summed E-state index contributed by atoms with van der Waals surface area (Å²) in [6.07, 6.45) is 2.39. The van der Waals surface area contributed by atoms with Crippen molar-refractivity contribution in [1.82, 2.24) is 4.72 Å². The van der Waals surface area contributed by atoms with Crippen LogP contribution in [0.5, 0.6) is 5.75 Å². The summed E-state index contributed by atoms with van der Waals surface area (Å²) in [5.41, 5.74) is 0. The molecular weight excluding hydrogens is 294 g/mol. The second-order valence-corrected chi connectivity index (χ2v) is 6.65. The van der Waals surface area contributed by atoms with Crippen molar-refractivity contribution in [2.24, 2.45) is 0 Å². The number of aliphatic hydroxyl groups excluding tert-OH is 1. The van der Waals surface area contributed by atoms with Crippen LogP contribution < -0.4 is 9.46 Å². The minimum Gasteiger partial charge on any atom is -0.494 e. The SMILES string of the molecule is O=S(=O)(NCC1CCCO1)c1ccc(OCCCO)cc1. The van der Waals surface area contributed by atoms with Crippen molar-refractivity contribution < 1.29 is 23.0 Å². The van der Waals surface area contributed by atoms with Crippen molar-refractivity contribution in [2.75, 3.05) is 26.4 Å². The first-order chi connectivity index (χ1) is 10.1. The summed E-state index contributed by atoms with van der Waals surface area (Å²) in [5.74, 6) is 0.585. The minimum absolute atomic E-state index is 0.0270. The molecule has 0 radical (unpaired) electrons. The molecule has 7 heteroatoms. The predicted molar refractivity (Wildman–Crippen MR) is 77.8 cm³/mol. The Morgan fingerprint density at radius 2 is 2.10 bits per heavy atom. The Hall–Kier alpha value is -1.15. The molecule has 1 heterocycles. The lowest BCUT2D eigenvalue weighted by molar-refractivity contribution is 0.114. The molecule has 0 aliphatic carbocycles. The maximum atomic E-state index is 12.1. The van der Waals surface area contributed by atoms with Crippen LogP contribution in [-0.2, 0) is 14.8 Å². The molecular formula is C14H21NO5S. The van der Waals surface area contributed by atoms with Gasteiger partial charge in [-0.3, -0.25) is 0 Å². The third-order valence-corrected chi connectivity index (χ3v) is 4.67. The van der Waals surface area contributed by atoms with E-state index >= 15 is 0 Å². The van der Waals surface area contributed by atoms with E-state index < -0.39 is 10.0 Å². The molecule has 0 bridgehead atoms. The topological polar surface area (TPSA) is 84.9 Å². The lowest BCUT2D eigenvalue weighted by atomic mass is 10.2. The number of sulfonamides is 1. The van der Waals surface area contributed by atoms with Gasteiger partial charge in [0.15, 0.2) is 0 Å². The molecule has 1 fully saturated rings. The van der Waals surface area contributed by atoms with Crippen LogP contribution in [0.2, 0.25) is 0 Å². The summed E-state index contributed by atoms with van der Waals surface area (Å²) >= 11 is 0. The van der Waals surface area contributed by atoms with Gasteiger partial charge in [0.25, 0.3) is 0 Å². The van der Waals surface area contributed by atoms with Crippen molar-refractivity contribution in [3.63, 3.8) is 0 Å².